The van der Waals surface area contributed by atoms with Crippen LogP contribution in [-0.2, 0) is 0 Å². The largest absolute Gasteiger partial charge is 0.354 e. The van der Waals surface area contributed by atoms with Gasteiger partial charge in [-0.1, -0.05) is 109 Å². The van der Waals surface area contributed by atoms with Crippen LogP contribution in [0.2, 0.25) is 0 Å². The Labute approximate surface area is 354 Å². The fourth-order valence-corrected chi connectivity index (χ4v) is 11.4. The van der Waals surface area contributed by atoms with Crippen molar-refractivity contribution in [3.8, 4) is 5.69 Å². The van der Waals surface area contributed by atoms with E-state index in [1.165, 1.54) is 118 Å². The summed E-state index contributed by atoms with van der Waals surface area (Å²) in [7, 11) is 0. The highest BCUT2D eigenvalue weighted by molar-refractivity contribution is 9.10. The van der Waals surface area contributed by atoms with E-state index in [0.29, 0.717) is 0 Å². The normalized spacial score (nSPS) is 11.8. The lowest BCUT2D eigenvalue weighted by molar-refractivity contribution is 1.21. The number of nitrogens with one attached hydrogen (secondary N) is 3. The van der Waals surface area contributed by atoms with Crippen LogP contribution in [0.25, 0.3) is 113 Å². The van der Waals surface area contributed by atoms with Crippen LogP contribution in [0.1, 0.15) is 0 Å². The maximum absolute atomic E-state index is 3.61. The average Bonchev–Trinajstić information content (AvgIpc) is 4.14. The molecule has 0 radical (unpaired) electrons. The van der Waals surface area contributed by atoms with E-state index in [-0.39, 0.29) is 0 Å². The summed E-state index contributed by atoms with van der Waals surface area (Å²) in [6.07, 6.45) is 0. The molecule has 0 aliphatic rings. The third-order valence-corrected chi connectivity index (χ3v) is 14.4. The van der Waals surface area contributed by atoms with Crippen molar-refractivity contribution in [1.29, 1.82) is 0 Å². The molecule has 59 heavy (non-hydrogen) atoms. The molecule has 0 saturated heterocycles. The van der Waals surface area contributed by atoms with Crippen LogP contribution in [0.4, 0.5) is 0 Å². The van der Waals surface area contributed by atoms with Gasteiger partial charge in [0.15, 0.2) is 0 Å². The van der Waals surface area contributed by atoms with Crippen molar-refractivity contribution in [3.63, 3.8) is 0 Å². The lowest BCUT2D eigenvalue weighted by atomic mass is 10.1. The first-order valence-corrected chi connectivity index (χ1v) is 22.1. The fraction of sp³-hybridized carbons (Fsp3) is 0. The second-order valence-corrected chi connectivity index (χ2v) is 17.6. The van der Waals surface area contributed by atoms with Gasteiger partial charge in [0.05, 0.1) is 16.7 Å². The maximum atomic E-state index is 3.61. The quantitative estimate of drug-likeness (QED) is 0.147. The highest BCUT2D eigenvalue weighted by Gasteiger charge is 2.17. The van der Waals surface area contributed by atoms with Crippen molar-refractivity contribution in [2.45, 2.75) is 0 Å². The lowest BCUT2D eigenvalue weighted by Crippen LogP contribution is -1.92. The number of fused-ring (bicyclic) bond motifs is 14. The van der Waals surface area contributed by atoms with E-state index in [1.807, 2.05) is 11.3 Å². The van der Waals surface area contributed by atoms with E-state index in [1.54, 1.807) is 11.3 Å². The van der Waals surface area contributed by atoms with Crippen LogP contribution in [0.15, 0.2) is 185 Å². The van der Waals surface area contributed by atoms with Crippen LogP contribution < -0.4 is 0 Å². The number of aromatic nitrogens is 4. The van der Waals surface area contributed by atoms with Gasteiger partial charge >= 0.3 is 0 Å². The summed E-state index contributed by atoms with van der Waals surface area (Å²) in [5.41, 5.74) is 10.9. The second kappa shape index (κ2) is 13.7. The van der Waals surface area contributed by atoms with Gasteiger partial charge in [-0.05, 0) is 76.6 Å². The smallest absolute Gasteiger partial charge is 0.0647 e. The molecule has 6 heterocycles. The summed E-state index contributed by atoms with van der Waals surface area (Å²) in [5, 5.41) is 17.3. The molecule has 14 rings (SSSR count). The molecule has 7 heteroatoms. The van der Waals surface area contributed by atoms with E-state index in [0.717, 1.165) is 0 Å². The van der Waals surface area contributed by atoms with Crippen molar-refractivity contribution in [2.24, 2.45) is 0 Å². The van der Waals surface area contributed by atoms with Gasteiger partial charge in [-0.25, -0.2) is 0 Å². The standard InChI is InChI=1S/C26H16N2S.C18H12N2.C8H5BrS/c1-4-10-21-16(7-1)19-13-20-17-8-2-5-11-23(17)28(24(20)14-22(19)27-21)25-15-29-26-12-6-3-9-18(25)26;1-3-7-15-11(5-1)13-9-14-12-6-2-4-8-16(12)20-18(14)10-17(13)19-15;9-7-5-10-8-4-2-1-3-6(7)8/h1-15,27H;1-10,19-20H;1-5H. The number of rotatable bonds is 1. The topological polar surface area (TPSA) is 52.3 Å². The predicted octanol–water partition coefficient (Wildman–Crippen LogP) is 16.3. The zero-order chi connectivity index (χ0) is 39.0. The third-order valence-electron chi connectivity index (χ3n) is 11.6. The van der Waals surface area contributed by atoms with Gasteiger partial charge in [0.2, 0.25) is 0 Å². The van der Waals surface area contributed by atoms with Crippen LogP contribution >= 0.6 is 38.6 Å². The molecule has 0 aliphatic heterocycles. The number of hydrogen-bond acceptors (Lipinski definition) is 2. The Morgan fingerprint density at radius 1 is 0.339 bits per heavy atom. The molecule has 0 spiro atoms. The van der Waals surface area contributed by atoms with E-state index in [4.69, 9.17) is 0 Å². The molecule has 0 amide bonds. The molecule has 6 aromatic heterocycles. The fourth-order valence-electron chi connectivity index (χ4n) is 8.85. The zero-order valence-electron chi connectivity index (χ0n) is 31.5. The highest BCUT2D eigenvalue weighted by Crippen LogP contribution is 2.40. The number of H-pyrrole nitrogens is 3. The molecule has 0 unspecified atom stereocenters. The van der Waals surface area contributed by atoms with Gasteiger partial charge in [-0.2, -0.15) is 0 Å². The molecule has 3 N–H and O–H groups in total. The summed E-state index contributed by atoms with van der Waals surface area (Å²) in [5.74, 6) is 0. The van der Waals surface area contributed by atoms with Crippen LogP contribution in [0.5, 0.6) is 0 Å². The minimum atomic E-state index is 1.18. The summed E-state index contributed by atoms with van der Waals surface area (Å²) in [6.45, 7) is 0. The number of nitrogens with zero attached hydrogens (tertiary/aromatic N) is 1. The van der Waals surface area contributed by atoms with E-state index < -0.39 is 0 Å². The Hall–Kier alpha value is -6.64. The Morgan fingerprint density at radius 3 is 1.37 bits per heavy atom. The number of thiophene rings is 2. The molecule has 14 aromatic rings. The summed E-state index contributed by atoms with van der Waals surface area (Å²) in [4.78, 5) is 10.6. The van der Waals surface area contributed by atoms with Crippen LogP contribution in [0, 0.1) is 0 Å². The molecule has 8 aromatic carbocycles. The number of hydrogen-bond donors (Lipinski definition) is 3. The average molecular weight is 858 g/mol. The maximum Gasteiger partial charge on any atom is 0.0647 e. The minimum absolute atomic E-state index is 1.18. The summed E-state index contributed by atoms with van der Waals surface area (Å²) >= 11 is 7.05. The Balaban J connectivity index is 0.000000108. The van der Waals surface area contributed by atoms with Crippen molar-refractivity contribution in [2.75, 3.05) is 0 Å². The van der Waals surface area contributed by atoms with Crippen LogP contribution in [-0.4, -0.2) is 19.5 Å². The van der Waals surface area contributed by atoms with Crippen LogP contribution in [0.3, 0.4) is 0 Å². The SMILES string of the molecule is Brc1csc2ccccc12.c1ccc2c(c1)[nH]c1cc3[nH]c4ccccc4c3cc12.c1ccc2c(c1)[nH]c1cc3c(cc12)c1ccccc1n3-c1csc2ccccc12. The first-order valence-electron chi connectivity index (χ1n) is 19.6. The zero-order valence-corrected chi connectivity index (χ0v) is 34.7. The third kappa shape index (κ3) is 5.61. The Bertz CT molecular complexity index is 3810. The van der Waals surface area contributed by atoms with Crippen molar-refractivity contribution < 1.29 is 0 Å². The molecule has 0 fully saturated rings. The van der Waals surface area contributed by atoms with Gasteiger partial charge in [0.25, 0.3) is 0 Å². The molecule has 280 valence electrons. The lowest BCUT2D eigenvalue weighted by Gasteiger charge is -2.06. The molecular weight excluding hydrogens is 825 g/mol. The van der Waals surface area contributed by atoms with E-state index >= 15 is 0 Å². The Morgan fingerprint density at radius 2 is 0.780 bits per heavy atom. The first-order chi connectivity index (χ1) is 29.2. The number of para-hydroxylation sites is 4. The summed E-state index contributed by atoms with van der Waals surface area (Å²) < 4.78 is 6.29. The van der Waals surface area contributed by atoms with Crippen molar-refractivity contribution >= 4 is 146 Å². The van der Waals surface area contributed by atoms with E-state index in [9.17, 15) is 0 Å². The molecular formula is C52H33BrN4S2. The highest BCUT2D eigenvalue weighted by atomic mass is 79.9. The molecule has 0 saturated carbocycles. The van der Waals surface area contributed by atoms with Gasteiger partial charge < -0.3 is 19.5 Å². The minimum Gasteiger partial charge on any atom is -0.354 e. The van der Waals surface area contributed by atoms with Gasteiger partial charge in [-0.15, -0.1) is 22.7 Å². The second-order valence-electron chi connectivity index (χ2n) is 14.9. The molecule has 0 bridgehead atoms. The van der Waals surface area contributed by atoms with Gasteiger partial charge in [-0.3, -0.25) is 0 Å². The molecule has 0 aliphatic carbocycles. The number of benzene rings is 8. The first kappa shape index (κ1) is 34.4. The predicted molar refractivity (Wildman–Crippen MR) is 260 cm³/mol. The van der Waals surface area contributed by atoms with Crippen molar-refractivity contribution in [1.82, 2.24) is 19.5 Å². The monoisotopic (exact) mass is 856 g/mol. The molecule has 0 atom stereocenters. The van der Waals surface area contributed by atoms with Crippen molar-refractivity contribution in [3.05, 3.63) is 185 Å². The van der Waals surface area contributed by atoms with E-state index in [2.05, 4.69) is 216 Å². The Kier molecular flexibility index (Phi) is 8.01. The van der Waals surface area contributed by atoms with Gasteiger partial charge in [0, 0.05) is 112 Å². The summed E-state index contributed by atoms with van der Waals surface area (Å²) in [6, 6.07) is 60.4. The molecule has 4 nitrogen and oxygen atoms in total. The number of aromatic amines is 3. The van der Waals surface area contributed by atoms with Gasteiger partial charge in [0.1, 0.15) is 0 Å². The number of halogens is 1.